The van der Waals surface area contributed by atoms with E-state index >= 15 is 0 Å². The van der Waals surface area contributed by atoms with Gasteiger partial charge in [0.2, 0.25) is 10.0 Å². The third-order valence-corrected chi connectivity index (χ3v) is 5.49. The molecule has 3 rings (SSSR count). The first-order valence-electron chi connectivity index (χ1n) is 7.09. The maximum Gasteiger partial charge on any atom is 0.220 e. The highest BCUT2D eigenvalue weighted by atomic mass is 32.2. The Bertz CT molecular complexity index is 722. The van der Waals surface area contributed by atoms with Crippen molar-refractivity contribution in [3.63, 3.8) is 0 Å². The molecule has 1 fully saturated rings. The quantitative estimate of drug-likeness (QED) is 0.836. The summed E-state index contributed by atoms with van der Waals surface area (Å²) in [5, 5.41) is 3.67. The molecule has 22 heavy (non-hydrogen) atoms. The Balaban J connectivity index is 1.64. The van der Waals surface area contributed by atoms with Crippen molar-refractivity contribution in [3.8, 4) is 0 Å². The van der Waals surface area contributed by atoms with Crippen LogP contribution < -0.4 is 4.90 Å². The maximum atomic E-state index is 12.4. The van der Waals surface area contributed by atoms with Crippen LogP contribution in [-0.4, -0.2) is 49.0 Å². The van der Waals surface area contributed by atoms with E-state index < -0.39 is 10.0 Å². The smallest absolute Gasteiger partial charge is 0.220 e. The summed E-state index contributed by atoms with van der Waals surface area (Å²) in [5.41, 5.74) is 1.58. The number of nitrogens with zero attached hydrogens (tertiary/aromatic N) is 4. The number of aryl methyl sites for hydroxylation is 1. The Hall–Kier alpha value is -1.93. The van der Waals surface area contributed by atoms with Gasteiger partial charge < -0.3 is 9.42 Å². The molecular weight excluding hydrogens is 304 g/mol. The van der Waals surface area contributed by atoms with Crippen LogP contribution in [-0.2, 0) is 15.8 Å². The van der Waals surface area contributed by atoms with Crippen LogP contribution in [0.2, 0.25) is 0 Å². The number of hydrogen-bond acceptors (Lipinski definition) is 6. The lowest BCUT2D eigenvalue weighted by molar-refractivity contribution is 0.380. The first kappa shape index (κ1) is 15.0. The molecule has 0 amide bonds. The van der Waals surface area contributed by atoms with Crippen LogP contribution in [0.4, 0.5) is 5.82 Å². The maximum absolute atomic E-state index is 12.4. The highest BCUT2D eigenvalue weighted by Gasteiger charge is 2.28. The van der Waals surface area contributed by atoms with E-state index in [1.165, 1.54) is 10.6 Å². The Morgan fingerprint density at radius 3 is 2.64 bits per heavy atom. The molecule has 0 unspecified atom stereocenters. The van der Waals surface area contributed by atoms with Gasteiger partial charge in [-0.05, 0) is 24.6 Å². The summed E-state index contributed by atoms with van der Waals surface area (Å²) in [4.78, 5) is 6.45. The molecule has 0 aromatic carbocycles. The van der Waals surface area contributed by atoms with Crippen LogP contribution in [0.25, 0.3) is 0 Å². The van der Waals surface area contributed by atoms with E-state index in [1.807, 2.05) is 19.1 Å². The monoisotopic (exact) mass is 322 g/mol. The van der Waals surface area contributed by atoms with E-state index in [-0.39, 0.29) is 5.75 Å². The number of anilines is 1. The third kappa shape index (κ3) is 3.28. The lowest BCUT2D eigenvalue weighted by atomic mass is 10.2. The highest BCUT2D eigenvalue weighted by molar-refractivity contribution is 7.88. The first-order chi connectivity index (χ1) is 10.5. The van der Waals surface area contributed by atoms with E-state index in [2.05, 4.69) is 19.6 Å². The molecule has 0 spiro atoms. The predicted octanol–water partition coefficient (Wildman–Crippen LogP) is 1.03. The van der Waals surface area contributed by atoms with Crippen molar-refractivity contribution >= 4 is 15.8 Å². The third-order valence-electron chi connectivity index (χ3n) is 3.68. The molecular formula is C14H18N4O3S. The van der Waals surface area contributed by atoms with Crippen molar-refractivity contribution in [2.24, 2.45) is 0 Å². The zero-order chi connectivity index (χ0) is 15.6. The molecule has 8 heteroatoms. The van der Waals surface area contributed by atoms with E-state index in [0.717, 1.165) is 11.4 Å². The fourth-order valence-corrected chi connectivity index (χ4v) is 3.90. The molecule has 0 bridgehead atoms. The van der Waals surface area contributed by atoms with Crippen molar-refractivity contribution in [2.45, 2.75) is 12.7 Å². The van der Waals surface area contributed by atoms with Crippen LogP contribution in [0.15, 0.2) is 35.2 Å². The molecule has 2 aromatic rings. The summed E-state index contributed by atoms with van der Waals surface area (Å²) in [6.45, 7) is 4.19. The molecule has 0 saturated carbocycles. The topological polar surface area (TPSA) is 79.5 Å². The average Bonchev–Trinajstić information content (AvgIpc) is 2.99. The standard InChI is InChI=1S/C14H18N4O3S/c1-12-2-4-15-14(10-12)17-5-7-18(8-6-17)22(19,20)11-13-3-9-21-16-13/h2-4,9-10H,5-8,11H2,1H3. The minimum absolute atomic E-state index is 0.119. The van der Waals surface area contributed by atoms with E-state index in [9.17, 15) is 8.42 Å². The molecule has 2 aromatic heterocycles. The Kier molecular flexibility index (Phi) is 4.12. The SMILES string of the molecule is Cc1ccnc(N2CCN(S(=O)(=O)Cc3ccon3)CC2)c1. The highest BCUT2D eigenvalue weighted by Crippen LogP contribution is 2.17. The van der Waals surface area contributed by atoms with Crippen LogP contribution in [0.5, 0.6) is 0 Å². The Morgan fingerprint density at radius 2 is 2.00 bits per heavy atom. The molecule has 1 aliphatic heterocycles. The number of rotatable bonds is 4. The van der Waals surface area contributed by atoms with Crippen LogP contribution in [0.1, 0.15) is 11.3 Å². The minimum atomic E-state index is -3.36. The van der Waals surface area contributed by atoms with Gasteiger partial charge in [-0.1, -0.05) is 5.16 Å². The summed E-state index contributed by atoms with van der Waals surface area (Å²) >= 11 is 0. The second-order valence-electron chi connectivity index (χ2n) is 5.32. The number of pyridine rings is 1. The van der Waals surface area contributed by atoms with E-state index in [1.54, 1.807) is 12.3 Å². The van der Waals surface area contributed by atoms with Crippen LogP contribution in [0.3, 0.4) is 0 Å². The van der Waals surface area contributed by atoms with Gasteiger partial charge in [0.1, 0.15) is 17.8 Å². The fraction of sp³-hybridized carbons (Fsp3) is 0.429. The average molecular weight is 322 g/mol. The molecule has 0 aliphatic carbocycles. The zero-order valence-electron chi connectivity index (χ0n) is 12.3. The van der Waals surface area contributed by atoms with Crippen molar-refractivity contribution in [2.75, 3.05) is 31.1 Å². The summed E-state index contributed by atoms with van der Waals surface area (Å²) in [7, 11) is -3.36. The minimum Gasteiger partial charge on any atom is -0.364 e. The summed E-state index contributed by atoms with van der Waals surface area (Å²) in [5.74, 6) is 0.778. The zero-order valence-corrected chi connectivity index (χ0v) is 13.2. The molecule has 3 heterocycles. The summed E-state index contributed by atoms with van der Waals surface area (Å²) in [6, 6.07) is 5.53. The normalized spacial score (nSPS) is 16.9. The number of sulfonamides is 1. The van der Waals surface area contributed by atoms with Gasteiger partial charge in [0, 0.05) is 38.4 Å². The van der Waals surface area contributed by atoms with Crippen molar-refractivity contribution in [1.29, 1.82) is 0 Å². The van der Waals surface area contributed by atoms with Crippen LogP contribution in [0, 0.1) is 6.92 Å². The lowest BCUT2D eigenvalue weighted by Gasteiger charge is -2.34. The predicted molar refractivity (Wildman–Crippen MR) is 81.9 cm³/mol. The first-order valence-corrected chi connectivity index (χ1v) is 8.70. The summed E-state index contributed by atoms with van der Waals surface area (Å²) in [6.07, 6.45) is 3.16. The van der Waals surface area contributed by atoms with Crippen molar-refractivity contribution in [1.82, 2.24) is 14.4 Å². The Labute approximate surface area is 129 Å². The molecule has 7 nitrogen and oxygen atoms in total. The second-order valence-corrected chi connectivity index (χ2v) is 7.29. The van der Waals surface area contributed by atoms with Gasteiger partial charge in [-0.25, -0.2) is 13.4 Å². The second kappa shape index (κ2) is 6.05. The number of aromatic nitrogens is 2. The van der Waals surface area contributed by atoms with Gasteiger partial charge in [0.25, 0.3) is 0 Å². The van der Waals surface area contributed by atoms with Crippen LogP contribution >= 0.6 is 0 Å². The lowest BCUT2D eigenvalue weighted by Crippen LogP contribution is -2.49. The van der Waals surface area contributed by atoms with Crippen molar-refractivity contribution < 1.29 is 12.9 Å². The van der Waals surface area contributed by atoms with E-state index in [0.29, 0.717) is 31.9 Å². The van der Waals surface area contributed by atoms with Gasteiger partial charge in [-0.3, -0.25) is 0 Å². The Morgan fingerprint density at radius 1 is 1.23 bits per heavy atom. The fourth-order valence-electron chi connectivity index (χ4n) is 2.48. The number of hydrogen-bond donors (Lipinski definition) is 0. The van der Waals surface area contributed by atoms with Crippen molar-refractivity contribution in [3.05, 3.63) is 41.9 Å². The van der Waals surface area contributed by atoms with Gasteiger partial charge in [0.15, 0.2) is 0 Å². The van der Waals surface area contributed by atoms with Gasteiger partial charge in [-0.15, -0.1) is 0 Å². The van der Waals surface area contributed by atoms with Gasteiger partial charge >= 0.3 is 0 Å². The number of piperazine rings is 1. The molecule has 0 atom stereocenters. The molecule has 118 valence electrons. The molecule has 0 radical (unpaired) electrons. The van der Waals surface area contributed by atoms with Gasteiger partial charge in [0.05, 0.1) is 5.69 Å². The molecule has 0 N–H and O–H groups in total. The molecule has 1 saturated heterocycles. The van der Waals surface area contributed by atoms with E-state index in [4.69, 9.17) is 0 Å². The van der Waals surface area contributed by atoms with Gasteiger partial charge in [-0.2, -0.15) is 4.31 Å². The molecule has 1 aliphatic rings. The largest absolute Gasteiger partial charge is 0.364 e. The summed E-state index contributed by atoms with van der Waals surface area (Å²) < 4.78 is 30.9.